The molecule has 0 aromatic heterocycles. The normalized spacial score (nSPS) is 15.0. The number of anilines is 1. The number of benzene rings is 3. The molecule has 0 fully saturated rings. The maximum Gasteiger partial charge on any atom is 0.416 e. The van der Waals surface area contributed by atoms with Gasteiger partial charge >= 0.3 is 6.18 Å². The summed E-state index contributed by atoms with van der Waals surface area (Å²) in [6.07, 6.45) is -4.02. The number of alkyl halides is 3. The van der Waals surface area contributed by atoms with E-state index < -0.39 is 28.6 Å². The number of carbonyl (C=O) groups is 1. The molecule has 10 heteroatoms. The van der Waals surface area contributed by atoms with E-state index in [4.69, 9.17) is 23.2 Å². The van der Waals surface area contributed by atoms with Crippen LogP contribution in [0.5, 0.6) is 0 Å². The summed E-state index contributed by atoms with van der Waals surface area (Å²) in [4.78, 5) is 13.2. The van der Waals surface area contributed by atoms with Crippen molar-refractivity contribution in [2.75, 3.05) is 11.9 Å². The van der Waals surface area contributed by atoms with E-state index in [1.807, 2.05) is 6.07 Å². The van der Waals surface area contributed by atoms with Crippen molar-refractivity contribution < 1.29 is 22.2 Å². The maximum absolute atomic E-state index is 13.0. The standard InChI is InChI=1S/C24H19Cl2F3N2O2S/c25-19-3-1-2-4-21(19)34(33)31-12-11-18-16(14-31)7-10-20(26)23(18)30-22(32)13-15-5-8-17(9-6-15)24(27,28)29/h1-10H,11-14H2,(H,30,32). The van der Waals surface area contributed by atoms with E-state index in [-0.39, 0.29) is 6.42 Å². The topological polar surface area (TPSA) is 49.4 Å². The lowest BCUT2D eigenvalue weighted by Gasteiger charge is -2.29. The zero-order valence-corrected chi connectivity index (χ0v) is 20.0. The highest BCUT2D eigenvalue weighted by molar-refractivity contribution is 7.82. The van der Waals surface area contributed by atoms with E-state index in [2.05, 4.69) is 5.32 Å². The number of hydrogen-bond acceptors (Lipinski definition) is 2. The average molecular weight is 527 g/mol. The van der Waals surface area contributed by atoms with Gasteiger partial charge in [0.2, 0.25) is 5.91 Å². The third kappa shape index (κ3) is 5.46. The largest absolute Gasteiger partial charge is 0.416 e. The monoisotopic (exact) mass is 526 g/mol. The maximum atomic E-state index is 13.0. The molecular weight excluding hydrogens is 508 g/mol. The molecule has 34 heavy (non-hydrogen) atoms. The summed E-state index contributed by atoms with van der Waals surface area (Å²) in [5.41, 5.74) is 1.88. The molecule has 1 unspecified atom stereocenters. The number of hydrogen-bond donors (Lipinski definition) is 1. The Balaban J connectivity index is 1.48. The second-order valence-electron chi connectivity index (χ2n) is 7.77. The first kappa shape index (κ1) is 24.7. The van der Waals surface area contributed by atoms with Gasteiger partial charge in [0.1, 0.15) is 11.0 Å². The van der Waals surface area contributed by atoms with Crippen LogP contribution in [0.25, 0.3) is 0 Å². The molecule has 1 atom stereocenters. The molecule has 1 aliphatic heterocycles. The van der Waals surface area contributed by atoms with Gasteiger partial charge in [-0.15, -0.1) is 0 Å². The van der Waals surface area contributed by atoms with Gasteiger partial charge in [-0.05, 0) is 53.4 Å². The number of nitrogens with zero attached hydrogens (tertiary/aromatic N) is 1. The summed E-state index contributed by atoms with van der Waals surface area (Å²) >= 11 is 12.6. The van der Waals surface area contributed by atoms with Crippen LogP contribution in [0.2, 0.25) is 10.0 Å². The van der Waals surface area contributed by atoms with Crippen LogP contribution in [0.1, 0.15) is 22.3 Å². The van der Waals surface area contributed by atoms with Gasteiger partial charge in [0.15, 0.2) is 0 Å². The van der Waals surface area contributed by atoms with Crippen molar-refractivity contribution in [2.24, 2.45) is 0 Å². The van der Waals surface area contributed by atoms with Crippen molar-refractivity contribution in [3.05, 3.63) is 93.0 Å². The Labute approximate surface area is 207 Å². The van der Waals surface area contributed by atoms with Crippen molar-refractivity contribution in [2.45, 2.75) is 30.5 Å². The van der Waals surface area contributed by atoms with Gasteiger partial charge in [-0.2, -0.15) is 13.2 Å². The number of amides is 1. The predicted octanol–water partition coefficient (Wildman–Crippen LogP) is 6.27. The van der Waals surface area contributed by atoms with Gasteiger partial charge in [0, 0.05) is 13.1 Å². The summed E-state index contributed by atoms with van der Waals surface area (Å²) in [5, 5.41) is 3.60. The van der Waals surface area contributed by atoms with Crippen LogP contribution in [0.3, 0.4) is 0 Å². The molecule has 0 saturated carbocycles. The molecule has 4 nitrogen and oxygen atoms in total. The first-order chi connectivity index (χ1) is 16.1. The van der Waals surface area contributed by atoms with Gasteiger partial charge in [0.05, 0.1) is 32.6 Å². The molecule has 1 heterocycles. The molecule has 3 aromatic rings. The Morgan fingerprint density at radius 1 is 1.00 bits per heavy atom. The summed E-state index contributed by atoms with van der Waals surface area (Å²) in [7, 11) is -1.45. The van der Waals surface area contributed by atoms with Gasteiger partial charge in [-0.1, -0.05) is 53.5 Å². The summed E-state index contributed by atoms with van der Waals surface area (Å²) in [6.45, 7) is 0.846. The van der Waals surface area contributed by atoms with Crippen LogP contribution < -0.4 is 5.32 Å². The summed E-state index contributed by atoms with van der Waals surface area (Å²) < 4.78 is 53.1. The van der Waals surface area contributed by atoms with Gasteiger partial charge in [0.25, 0.3) is 0 Å². The second-order valence-corrected chi connectivity index (χ2v) is 10.0. The lowest BCUT2D eigenvalue weighted by Crippen LogP contribution is -2.33. The first-order valence-corrected chi connectivity index (χ1v) is 12.2. The number of carbonyl (C=O) groups excluding carboxylic acids is 1. The van der Waals surface area contributed by atoms with Crippen molar-refractivity contribution in [3.8, 4) is 0 Å². The lowest BCUT2D eigenvalue weighted by atomic mass is 9.98. The fraction of sp³-hybridized carbons (Fsp3) is 0.208. The van der Waals surface area contributed by atoms with Gasteiger partial charge < -0.3 is 5.32 Å². The molecule has 1 amide bonds. The average Bonchev–Trinajstić information content (AvgIpc) is 2.80. The van der Waals surface area contributed by atoms with Crippen LogP contribution in [0, 0.1) is 0 Å². The molecule has 0 bridgehead atoms. The zero-order chi connectivity index (χ0) is 24.5. The Hall–Kier alpha value is -2.39. The highest BCUT2D eigenvalue weighted by Gasteiger charge is 2.30. The van der Waals surface area contributed by atoms with E-state index in [1.54, 1.807) is 34.6 Å². The molecule has 3 aromatic carbocycles. The minimum Gasteiger partial charge on any atom is -0.324 e. The molecule has 1 N–H and O–H groups in total. The minimum atomic E-state index is -4.43. The summed E-state index contributed by atoms with van der Waals surface area (Å²) in [5.74, 6) is -0.392. The van der Waals surface area contributed by atoms with Crippen LogP contribution in [-0.4, -0.2) is 21.0 Å². The molecule has 4 rings (SSSR count). The van der Waals surface area contributed by atoms with Crippen molar-refractivity contribution >= 4 is 45.8 Å². The Morgan fingerprint density at radius 2 is 1.71 bits per heavy atom. The molecule has 0 saturated heterocycles. The number of halogens is 5. The lowest BCUT2D eigenvalue weighted by molar-refractivity contribution is -0.137. The summed E-state index contributed by atoms with van der Waals surface area (Å²) in [6, 6.07) is 14.9. The molecule has 1 aliphatic rings. The van der Waals surface area contributed by atoms with Crippen LogP contribution in [-0.2, 0) is 41.3 Å². The quantitative estimate of drug-likeness (QED) is 0.425. The smallest absolute Gasteiger partial charge is 0.324 e. The van der Waals surface area contributed by atoms with E-state index >= 15 is 0 Å². The van der Waals surface area contributed by atoms with E-state index in [1.165, 1.54) is 12.1 Å². The first-order valence-electron chi connectivity index (χ1n) is 10.3. The third-order valence-corrected chi connectivity index (χ3v) is 7.76. The molecule has 0 radical (unpaired) electrons. The zero-order valence-electron chi connectivity index (χ0n) is 17.7. The molecular formula is C24H19Cl2F3N2O2S. The molecule has 178 valence electrons. The Morgan fingerprint density at radius 3 is 2.38 bits per heavy atom. The Bertz CT molecular complexity index is 1250. The van der Waals surface area contributed by atoms with Crippen LogP contribution >= 0.6 is 23.2 Å². The third-order valence-electron chi connectivity index (χ3n) is 5.49. The highest BCUT2D eigenvalue weighted by Crippen LogP contribution is 2.35. The fourth-order valence-electron chi connectivity index (χ4n) is 3.78. The second kappa shape index (κ2) is 10.1. The van der Waals surface area contributed by atoms with E-state index in [0.29, 0.717) is 45.7 Å². The van der Waals surface area contributed by atoms with Gasteiger partial charge in [-0.3, -0.25) is 4.79 Å². The van der Waals surface area contributed by atoms with Gasteiger partial charge in [-0.25, -0.2) is 8.51 Å². The van der Waals surface area contributed by atoms with Crippen molar-refractivity contribution in [1.82, 2.24) is 4.31 Å². The number of fused-ring (bicyclic) bond motifs is 1. The number of nitrogens with one attached hydrogen (secondary N) is 1. The number of rotatable bonds is 5. The van der Waals surface area contributed by atoms with Crippen molar-refractivity contribution in [3.63, 3.8) is 0 Å². The van der Waals surface area contributed by atoms with E-state index in [9.17, 15) is 22.2 Å². The molecule has 0 spiro atoms. The van der Waals surface area contributed by atoms with Crippen molar-refractivity contribution in [1.29, 1.82) is 0 Å². The van der Waals surface area contributed by atoms with E-state index in [0.717, 1.165) is 23.3 Å². The SMILES string of the molecule is O=C(Cc1ccc(C(F)(F)F)cc1)Nc1c(Cl)ccc2c1CCN(S(=O)c1ccccc1Cl)C2. The fourth-order valence-corrected chi connectivity index (χ4v) is 5.56. The van der Waals surface area contributed by atoms with Crippen LogP contribution in [0.4, 0.5) is 18.9 Å². The highest BCUT2D eigenvalue weighted by atomic mass is 35.5. The van der Waals surface area contributed by atoms with Crippen LogP contribution in [0.15, 0.2) is 65.6 Å². The minimum absolute atomic E-state index is 0.0964. The Kier molecular flexibility index (Phi) is 7.33. The predicted molar refractivity (Wildman–Crippen MR) is 127 cm³/mol. The molecule has 0 aliphatic carbocycles.